The Morgan fingerprint density at radius 2 is 1.92 bits per heavy atom. The maximum Gasteiger partial charge on any atom is 0.348 e. The summed E-state index contributed by atoms with van der Waals surface area (Å²) in [5.41, 5.74) is 0.199. The lowest BCUT2D eigenvalue weighted by molar-refractivity contribution is -0.126. The highest BCUT2D eigenvalue weighted by molar-refractivity contribution is 7.15. The summed E-state index contributed by atoms with van der Waals surface area (Å²) in [4.78, 5) is 30.2. The van der Waals surface area contributed by atoms with Crippen LogP contribution in [0, 0.1) is 29.1 Å². The number of carboxylic acid groups (broad SMARTS) is 1. The minimum Gasteiger partial charge on any atom is -0.477 e. The maximum absolute atomic E-state index is 13.5. The van der Waals surface area contributed by atoms with Crippen molar-refractivity contribution in [2.75, 3.05) is 32.3 Å². The number of thiophene rings is 1. The molecule has 0 spiro atoms. The van der Waals surface area contributed by atoms with E-state index in [9.17, 15) is 14.7 Å². The van der Waals surface area contributed by atoms with E-state index in [2.05, 4.69) is 29.8 Å². The van der Waals surface area contributed by atoms with Gasteiger partial charge in [-0.2, -0.15) is 0 Å². The van der Waals surface area contributed by atoms with Gasteiger partial charge in [-0.1, -0.05) is 30.9 Å². The molecule has 2 aliphatic rings. The van der Waals surface area contributed by atoms with E-state index in [0.29, 0.717) is 29.6 Å². The summed E-state index contributed by atoms with van der Waals surface area (Å²) in [6.07, 6.45) is 14.3. The van der Waals surface area contributed by atoms with Gasteiger partial charge in [0, 0.05) is 44.4 Å². The fourth-order valence-corrected chi connectivity index (χ4v) is 4.75. The van der Waals surface area contributed by atoms with E-state index in [1.807, 2.05) is 32.9 Å². The first-order valence-corrected chi connectivity index (χ1v) is 13.6. The largest absolute Gasteiger partial charge is 0.477 e. The van der Waals surface area contributed by atoms with Crippen molar-refractivity contribution in [2.24, 2.45) is 22.2 Å². The van der Waals surface area contributed by atoms with Crippen LogP contribution in [0.15, 0.2) is 35.5 Å². The van der Waals surface area contributed by atoms with E-state index >= 15 is 0 Å². The summed E-state index contributed by atoms with van der Waals surface area (Å²) in [7, 11) is 3.40. The van der Waals surface area contributed by atoms with Gasteiger partial charge in [0.1, 0.15) is 4.88 Å². The number of allylic oxidation sites excluding steroid dienone is 3. The lowest BCUT2D eigenvalue weighted by Crippen LogP contribution is -2.49. The number of hydrogen-bond donors (Lipinski definition) is 1. The van der Waals surface area contributed by atoms with E-state index in [1.54, 1.807) is 42.7 Å². The normalized spacial score (nSPS) is 18.9. The van der Waals surface area contributed by atoms with Gasteiger partial charge < -0.3 is 9.84 Å². The zero-order valence-electron chi connectivity index (χ0n) is 23.0. The maximum atomic E-state index is 13.5. The van der Waals surface area contributed by atoms with Gasteiger partial charge in [0.15, 0.2) is 0 Å². The lowest BCUT2D eigenvalue weighted by atomic mass is 9.82. The molecular formula is C29H41N3O4S. The summed E-state index contributed by atoms with van der Waals surface area (Å²) in [5, 5.41) is 13.1. The summed E-state index contributed by atoms with van der Waals surface area (Å²) in [6, 6.07) is 1.74. The van der Waals surface area contributed by atoms with Crippen LogP contribution in [0.3, 0.4) is 0 Å². The Hall–Kier alpha value is -2.73. The molecule has 7 nitrogen and oxygen atoms in total. The number of amides is 1. The molecular weight excluding hydrogens is 486 g/mol. The predicted molar refractivity (Wildman–Crippen MR) is 152 cm³/mol. The highest BCUT2D eigenvalue weighted by Gasteiger charge is 2.34. The molecule has 1 saturated carbocycles. The molecule has 1 aliphatic heterocycles. The van der Waals surface area contributed by atoms with Crippen molar-refractivity contribution < 1.29 is 19.4 Å². The molecule has 37 heavy (non-hydrogen) atoms. The number of anilines is 1. The number of rotatable bonds is 7. The smallest absolute Gasteiger partial charge is 0.348 e. The Morgan fingerprint density at radius 1 is 1.22 bits per heavy atom. The molecule has 1 aliphatic carbocycles. The molecule has 3 rings (SSSR count). The van der Waals surface area contributed by atoms with E-state index < -0.39 is 5.97 Å². The summed E-state index contributed by atoms with van der Waals surface area (Å²) in [5.74, 6) is 5.67. The van der Waals surface area contributed by atoms with Crippen molar-refractivity contribution in [3.8, 4) is 11.8 Å². The van der Waals surface area contributed by atoms with Crippen LogP contribution in [0.1, 0.15) is 74.3 Å². The molecule has 1 aromatic rings. The first kappa shape index (κ1) is 30.5. The van der Waals surface area contributed by atoms with Gasteiger partial charge in [-0.3, -0.25) is 9.79 Å². The molecule has 0 saturated heterocycles. The Morgan fingerprint density at radius 3 is 2.54 bits per heavy atom. The Balaban J connectivity index is 0.000000591. The van der Waals surface area contributed by atoms with Crippen LogP contribution < -0.4 is 5.01 Å². The quantitative estimate of drug-likeness (QED) is 0.346. The summed E-state index contributed by atoms with van der Waals surface area (Å²) in [6.45, 7) is 9.14. The SMILES string of the molecule is C1=CCC=CN=C1.COCCN(C)N(C(=O)C1CCC(C)CC1)c1cc(C#CC(C)(C)C)sc1C(=O)O. The number of carbonyl (C=O) groups excluding carboxylic acids is 1. The third kappa shape index (κ3) is 10.3. The van der Waals surface area contributed by atoms with E-state index in [4.69, 9.17) is 4.74 Å². The van der Waals surface area contributed by atoms with E-state index in [0.717, 1.165) is 43.4 Å². The van der Waals surface area contributed by atoms with E-state index in [1.165, 1.54) is 0 Å². The van der Waals surface area contributed by atoms with Crippen LogP contribution in [-0.4, -0.2) is 55.5 Å². The Labute approximate surface area is 225 Å². The minimum absolute atomic E-state index is 0.0452. The lowest BCUT2D eigenvalue weighted by Gasteiger charge is -2.36. The van der Waals surface area contributed by atoms with Crippen molar-refractivity contribution in [1.29, 1.82) is 0 Å². The standard InChI is InChI=1S/C23H34N2O4S.C6H7N/c1-16-7-9-17(10-8-16)21(26)25(24(5)13-14-29-6)19-15-18(11-12-23(2,3)4)30-20(19)22(27)28;1-2-4-6-7-5-3-1/h15-17H,7-10,13-14H2,1-6H3,(H,27,28);1,3-6H,2H2. The Bertz CT molecular complexity index is 1030. The van der Waals surface area contributed by atoms with Crippen molar-refractivity contribution in [2.45, 2.75) is 59.8 Å². The number of aromatic carboxylic acids is 1. The van der Waals surface area contributed by atoms with Crippen molar-refractivity contribution in [3.05, 3.63) is 40.2 Å². The average Bonchev–Trinajstić information content (AvgIpc) is 3.04. The van der Waals surface area contributed by atoms with Crippen LogP contribution >= 0.6 is 11.3 Å². The molecule has 0 radical (unpaired) electrons. The molecule has 1 fully saturated rings. The monoisotopic (exact) mass is 527 g/mol. The minimum atomic E-state index is -1.05. The highest BCUT2D eigenvalue weighted by Crippen LogP contribution is 2.35. The second-order valence-electron chi connectivity index (χ2n) is 10.5. The number of aliphatic imine (C=N–C) groups is 1. The van der Waals surface area contributed by atoms with Gasteiger partial charge >= 0.3 is 5.97 Å². The number of carboxylic acids is 1. The fraction of sp³-hybridized carbons (Fsp3) is 0.552. The second-order valence-corrected chi connectivity index (χ2v) is 11.5. The van der Waals surface area contributed by atoms with Crippen LogP contribution in [0.25, 0.3) is 0 Å². The number of hydrogen-bond acceptors (Lipinski definition) is 6. The van der Waals surface area contributed by atoms with Gasteiger partial charge in [-0.15, -0.1) is 11.3 Å². The number of methoxy groups -OCH3 is 1. The molecule has 0 bridgehead atoms. The zero-order valence-corrected chi connectivity index (χ0v) is 23.8. The zero-order chi connectivity index (χ0) is 27.4. The molecule has 0 unspecified atom stereocenters. The van der Waals surface area contributed by atoms with Gasteiger partial charge in [0.05, 0.1) is 17.2 Å². The number of ether oxygens (including phenoxy) is 1. The number of likely N-dealkylation sites (N-methyl/N-ethyl adjacent to an activating group) is 1. The van der Waals surface area contributed by atoms with E-state index in [-0.39, 0.29) is 22.1 Å². The molecule has 1 aromatic heterocycles. The van der Waals surface area contributed by atoms with Crippen molar-refractivity contribution in [1.82, 2.24) is 5.01 Å². The van der Waals surface area contributed by atoms with Gasteiger partial charge in [0.2, 0.25) is 5.91 Å². The van der Waals surface area contributed by atoms with Crippen LogP contribution in [0.4, 0.5) is 5.69 Å². The first-order valence-electron chi connectivity index (χ1n) is 12.8. The summed E-state index contributed by atoms with van der Waals surface area (Å²) < 4.78 is 5.18. The Kier molecular flexibility index (Phi) is 12.3. The third-order valence-electron chi connectivity index (χ3n) is 6.00. The highest BCUT2D eigenvalue weighted by atomic mass is 32.1. The van der Waals surface area contributed by atoms with Crippen molar-refractivity contribution >= 4 is 35.1 Å². The number of hydrazine groups is 1. The fourth-order valence-electron chi connectivity index (χ4n) is 3.92. The molecule has 1 N–H and O–H groups in total. The van der Waals surface area contributed by atoms with Crippen molar-refractivity contribution in [3.63, 3.8) is 0 Å². The van der Waals surface area contributed by atoms with Gasteiger partial charge in [-0.25, -0.2) is 14.8 Å². The first-order chi connectivity index (χ1) is 17.5. The van der Waals surface area contributed by atoms with Gasteiger partial charge in [0.25, 0.3) is 0 Å². The predicted octanol–water partition coefficient (Wildman–Crippen LogP) is 6.03. The third-order valence-corrected chi connectivity index (χ3v) is 7.03. The average molecular weight is 528 g/mol. The van der Waals surface area contributed by atoms with Crippen LogP contribution in [0.2, 0.25) is 0 Å². The molecule has 2 heterocycles. The molecule has 0 aromatic carbocycles. The number of carbonyl (C=O) groups is 2. The topological polar surface area (TPSA) is 82.4 Å². The van der Waals surface area contributed by atoms with Gasteiger partial charge in [-0.05, 0) is 70.9 Å². The van der Waals surface area contributed by atoms with Crippen LogP contribution in [-0.2, 0) is 9.53 Å². The summed E-state index contributed by atoms with van der Waals surface area (Å²) >= 11 is 1.12. The molecule has 0 atom stereocenters. The molecule has 1 amide bonds. The molecule has 202 valence electrons. The van der Waals surface area contributed by atoms with Crippen LogP contribution in [0.5, 0.6) is 0 Å². The second kappa shape index (κ2) is 14.9. The molecule has 8 heteroatoms. The number of nitrogens with zero attached hydrogens (tertiary/aromatic N) is 3.